The molecule has 6 nitrogen and oxygen atoms in total. The third-order valence-electron chi connectivity index (χ3n) is 3.52. The molecule has 8 heteroatoms. The number of amides is 1. The van der Waals surface area contributed by atoms with Crippen LogP contribution < -0.4 is 5.32 Å². The number of nitro benzene ring substituents is 1. The molecular weight excluding hydrogens is 286 g/mol. The molecular formula is C13H14F2N2O4. The second-order valence-corrected chi connectivity index (χ2v) is 4.88. The maximum atomic E-state index is 13.8. The molecule has 0 bridgehead atoms. The summed E-state index contributed by atoms with van der Waals surface area (Å²) < 4.78 is 32.4. The van der Waals surface area contributed by atoms with Gasteiger partial charge in [0, 0.05) is 19.1 Å². The van der Waals surface area contributed by atoms with Crippen molar-refractivity contribution in [3.63, 3.8) is 0 Å². The van der Waals surface area contributed by atoms with Crippen molar-refractivity contribution in [1.29, 1.82) is 0 Å². The predicted molar refractivity (Wildman–Crippen MR) is 68.9 cm³/mol. The van der Waals surface area contributed by atoms with Gasteiger partial charge in [-0.2, -0.15) is 4.39 Å². The smallest absolute Gasteiger partial charge is 0.308 e. The van der Waals surface area contributed by atoms with Crippen molar-refractivity contribution >= 4 is 11.6 Å². The van der Waals surface area contributed by atoms with Crippen molar-refractivity contribution in [2.45, 2.75) is 19.4 Å². The molecule has 21 heavy (non-hydrogen) atoms. The van der Waals surface area contributed by atoms with Crippen LogP contribution in [-0.4, -0.2) is 30.1 Å². The molecule has 1 aliphatic rings. The molecule has 1 saturated heterocycles. The molecule has 2 rings (SSSR count). The number of ether oxygens (including phenoxy) is 1. The van der Waals surface area contributed by atoms with E-state index in [0.717, 1.165) is 6.42 Å². The van der Waals surface area contributed by atoms with Gasteiger partial charge in [-0.25, -0.2) is 4.39 Å². The van der Waals surface area contributed by atoms with Crippen molar-refractivity contribution in [3.05, 3.63) is 39.4 Å². The van der Waals surface area contributed by atoms with E-state index >= 15 is 0 Å². The minimum absolute atomic E-state index is 0.0306. The van der Waals surface area contributed by atoms with Crippen LogP contribution in [0, 0.1) is 27.7 Å². The van der Waals surface area contributed by atoms with E-state index in [1.54, 1.807) is 0 Å². The van der Waals surface area contributed by atoms with Gasteiger partial charge in [-0.15, -0.1) is 0 Å². The summed E-state index contributed by atoms with van der Waals surface area (Å²) in [6, 6.07) is 1.09. The number of nitrogens with zero attached hydrogens (tertiary/aromatic N) is 1. The van der Waals surface area contributed by atoms with E-state index in [9.17, 15) is 23.7 Å². The standard InChI is InChI=1S/C13H14F2N2O4/c1-7-8(2-3-21-7)6-16-13(18)10-4-9(14)5-11(12(10)15)17(19)20/h4-5,7-8H,2-3,6H2,1H3,(H,16,18). The average molecular weight is 300 g/mol. The zero-order chi connectivity index (χ0) is 15.6. The highest BCUT2D eigenvalue weighted by atomic mass is 19.1. The second-order valence-electron chi connectivity index (χ2n) is 4.88. The Balaban J connectivity index is 2.13. The molecule has 0 aromatic heterocycles. The molecule has 114 valence electrons. The highest BCUT2D eigenvalue weighted by molar-refractivity contribution is 5.95. The lowest BCUT2D eigenvalue weighted by Gasteiger charge is -2.14. The van der Waals surface area contributed by atoms with Gasteiger partial charge in [0.15, 0.2) is 0 Å². The minimum atomic E-state index is -1.34. The average Bonchev–Trinajstić information content (AvgIpc) is 2.83. The Morgan fingerprint density at radius 3 is 2.81 bits per heavy atom. The zero-order valence-electron chi connectivity index (χ0n) is 11.3. The fraction of sp³-hybridized carbons (Fsp3) is 0.462. The largest absolute Gasteiger partial charge is 0.378 e. The highest BCUT2D eigenvalue weighted by Gasteiger charge is 2.27. The van der Waals surface area contributed by atoms with Crippen molar-refractivity contribution in [2.75, 3.05) is 13.2 Å². The van der Waals surface area contributed by atoms with Gasteiger partial charge in [0.2, 0.25) is 5.82 Å². The third kappa shape index (κ3) is 3.33. The number of halogens is 2. The Hall–Kier alpha value is -2.09. The molecule has 0 radical (unpaired) electrons. The second kappa shape index (κ2) is 6.13. The molecule has 2 atom stereocenters. The van der Waals surface area contributed by atoms with Crippen LogP contribution in [0.15, 0.2) is 12.1 Å². The van der Waals surface area contributed by atoms with Crippen molar-refractivity contribution in [1.82, 2.24) is 5.32 Å². The van der Waals surface area contributed by atoms with Crippen molar-refractivity contribution in [2.24, 2.45) is 5.92 Å². The molecule has 1 N–H and O–H groups in total. The van der Waals surface area contributed by atoms with E-state index in [4.69, 9.17) is 4.74 Å². The van der Waals surface area contributed by atoms with Crippen LogP contribution in [0.3, 0.4) is 0 Å². The van der Waals surface area contributed by atoms with Crippen LogP contribution in [0.4, 0.5) is 14.5 Å². The summed E-state index contributed by atoms with van der Waals surface area (Å²) in [5.41, 5.74) is -1.73. The fourth-order valence-electron chi connectivity index (χ4n) is 2.24. The van der Waals surface area contributed by atoms with Gasteiger partial charge in [0.1, 0.15) is 5.82 Å². The van der Waals surface area contributed by atoms with Crippen molar-refractivity contribution < 1.29 is 23.2 Å². The Labute approximate surface area is 119 Å². The van der Waals surface area contributed by atoms with Crippen molar-refractivity contribution in [3.8, 4) is 0 Å². The van der Waals surface area contributed by atoms with Crippen LogP contribution in [0.2, 0.25) is 0 Å². The molecule has 0 aliphatic carbocycles. The first kappa shape index (κ1) is 15.3. The van der Waals surface area contributed by atoms with Crippen LogP contribution >= 0.6 is 0 Å². The first-order valence-electron chi connectivity index (χ1n) is 6.43. The summed E-state index contributed by atoms with van der Waals surface area (Å²) in [5, 5.41) is 13.1. The van der Waals surface area contributed by atoms with Gasteiger partial charge in [-0.05, 0) is 19.4 Å². The maximum absolute atomic E-state index is 13.8. The third-order valence-corrected chi connectivity index (χ3v) is 3.52. The summed E-state index contributed by atoms with van der Waals surface area (Å²) in [4.78, 5) is 21.4. The summed E-state index contributed by atoms with van der Waals surface area (Å²) in [6.45, 7) is 2.68. The van der Waals surface area contributed by atoms with Crippen LogP contribution in [0.1, 0.15) is 23.7 Å². The van der Waals surface area contributed by atoms with E-state index in [0.29, 0.717) is 18.7 Å². The van der Waals surface area contributed by atoms with Gasteiger partial charge < -0.3 is 10.1 Å². The van der Waals surface area contributed by atoms with Crippen LogP contribution in [0.5, 0.6) is 0 Å². The molecule has 1 aromatic carbocycles. The molecule has 2 unspecified atom stereocenters. The van der Waals surface area contributed by atoms with E-state index in [1.807, 2.05) is 6.92 Å². The first-order valence-corrected chi connectivity index (χ1v) is 6.43. The molecule has 0 spiro atoms. The minimum Gasteiger partial charge on any atom is -0.378 e. The molecule has 1 heterocycles. The van der Waals surface area contributed by atoms with E-state index in [-0.39, 0.29) is 18.6 Å². The Bertz CT molecular complexity index is 580. The highest BCUT2D eigenvalue weighted by Crippen LogP contribution is 2.23. The summed E-state index contributed by atoms with van der Waals surface area (Å²) in [5.74, 6) is -3.17. The number of nitro groups is 1. The van der Waals surface area contributed by atoms with E-state index in [1.165, 1.54) is 0 Å². The van der Waals surface area contributed by atoms with Crippen LogP contribution in [0.25, 0.3) is 0 Å². The summed E-state index contributed by atoms with van der Waals surface area (Å²) in [6.07, 6.45) is 0.727. The number of rotatable bonds is 4. The number of nitrogens with one attached hydrogen (secondary N) is 1. The van der Waals surface area contributed by atoms with E-state index in [2.05, 4.69) is 5.32 Å². The number of carbonyl (C=O) groups is 1. The summed E-state index contributed by atoms with van der Waals surface area (Å²) >= 11 is 0. The van der Waals surface area contributed by atoms with Gasteiger partial charge in [0.05, 0.1) is 22.7 Å². The van der Waals surface area contributed by atoms with E-state index < -0.39 is 33.7 Å². The maximum Gasteiger partial charge on any atom is 0.308 e. The predicted octanol–water partition coefficient (Wildman–Crippen LogP) is 2.03. The fourth-order valence-corrected chi connectivity index (χ4v) is 2.24. The molecule has 1 fully saturated rings. The molecule has 0 saturated carbocycles. The van der Waals surface area contributed by atoms with Gasteiger partial charge >= 0.3 is 5.69 Å². The molecule has 1 aliphatic heterocycles. The lowest BCUT2D eigenvalue weighted by molar-refractivity contribution is -0.387. The Morgan fingerprint density at radius 2 is 2.24 bits per heavy atom. The van der Waals surface area contributed by atoms with Gasteiger partial charge in [0.25, 0.3) is 5.91 Å². The first-order chi connectivity index (χ1) is 9.90. The SMILES string of the molecule is CC1OCCC1CNC(=O)c1cc(F)cc([N+](=O)[O-])c1F. The lowest BCUT2D eigenvalue weighted by Crippen LogP contribution is -2.32. The molecule has 1 amide bonds. The van der Waals surface area contributed by atoms with Crippen LogP contribution in [-0.2, 0) is 4.74 Å². The topological polar surface area (TPSA) is 81.5 Å². The Kier molecular flexibility index (Phi) is 4.46. The van der Waals surface area contributed by atoms with Gasteiger partial charge in [-0.1, -0.05) is 0 Å². The normalized spacial score (nSPS) is 21.3. The summed E-state index contributed by atoms with van der Waals surface area (Å²) in [7, 11) is 0. The molecule has 1 aromatic rings. The number of hydrogen-bond acceptors (Lipinski definition) is 4. The monoisotopic (exact) mass is 300 g/mol. The Morgan fingerprint density at radius 1 is 1.52 bits per heavy atom. The van der Waals surface area contributed by atoms with Gasteiger partial charge in [-0.3, -0.25) is 14.9 Å². The number of carbonyl (C=O) groups excluding carboxylic acids is 1. The number of hydrogen-bond donors (Lipinski definition) is 1. The quantitative estimate of drug-likeness (QED) is 0.681. The lowest BCUT2D eigenvalue weighted by atomic mass is 10.0. The zero-order valence-corrected chi connectivity index (χ0v) is 11.3. The number of benzene rings is 1.